The SMILES string of the molecule is COc1ccc(CCC(O)c2cc(C)c(F)c(C)c2)cc1. The molecule has 2 aromatic rings. The van der Waals surface area contributed by atoms with Crippen molar-refractivity contribution in [1.82, 2.24) is 0 Å². The summed E-state index contributed by atoms with van der Waals surface area (Å²) >= 11 is 0. The Balaban J connectivity index is 2.02. The molecule has 0 aliphatic rings. The largest absolute Gasteiger partial charge is 0.497 e. The molecule has 0 radical (unpaired) electrons. The van der Waals surface area contributed by atoms with Gasteiger partial charge in [-0.25, -0.2) is 4.39 Å². The van der Waals surface area contributed by atoms with E-state index in [1.165, 1.54) is 0 Å². The first kappa shape index (κ1) is 15.5. The number of rotatable bonds is 5. The molecule has 0 heterocycles. The van der Waals surface area contributed by atoms with Crippen LogP contribution in [0.3, 0.4) is 0 Å². The Hall–Kier alpha value is -1.87. The molecule has 0 aliphatic heterocycles. The fourth-order valence-corrected chi connectivity index (χ4v) is 2.43. The quantitative estimate of drug-likeness (QED) is 0.897. The van der Waals surface area contributed by atoms with Gasteiger partial charge in [-0.05, 0) is 61.1 Å². The molecule has 21 heavy (non-hydrogen) atoms. The third kappa shape index (κ3) is 3.82. The number of aliphatic hydroxyl groups excluding tert-OH is 1. The lowest BCUT2D eigenvalue weighted by Gasteiger charge is -2.14. The van der Waals surface area contributed by atoms with Gasteiger partial charge >= 0.3 is 0 Å². The number of hydrogen-bond acceptors (Lipinski definition) is 2. The zero-order valence-corrected chi connectivity index (χ0v) is 12.7. The van der Waals surface area contributed by atoms with Crippen molar-refractivity contribution in [1.29, 1.82) is 0 Å². The second-order valence-electron chi connectivity index (χ2n) is 5.37. The van der Waals surface area contributed by atoms with Gasteiger partial charge in [-0.3, -0.25) is 0 Å². The summed E-state index contributed by atoms with van der Waals surface area (Å²) in [5.74, 6) is 0.630. The van der Waals surface area contributed by atoms with Crippen molar-refractivity contribution in [3.05, 3.63) is 64.5 Å². The van der Waals surface area contributed by atoms with Gasteiger partial charge in [0.1, 0.15) is 11.6 Å². The Morgan fingerprint density at radius 1 is 1.10 bits per heavy atom. The number of benzene rings is 2. The fourth-order valence-electron chi connectivity index (χ4n) is 2.43. The summed E-state index contributed by atoms with van der Waals surface area (Å²) in [6, 6.07) is 11.3. The average molecular weight is 288 g/mol. The second-order valence-corrected chi connectivity index (χ2v) is 5.37. The molecular weight excluding hydrogens is 267 g/mol. The molecule has 0 spiro atoms. The van der Waals surface area contributed by atoms with Crippen LogP contribution in [0.25, 0.3) is 0 Å². The molecule has 0 fully saturated rings. The molecule has 0 aliphatic carbocycles. The maximum atomic E-state index is 13.6. The standard InChI is InChI=1S/C18H21FO2/c1-12-10-15(11-13(2)18(12)19)17(20)9-6-14-4-7-16(21-3)8-5-14/h4-5,7-8,10-11,17,20H,6,9H2,1-3H3. The predicted molar refractivity (Wildman–Crippen MR) is 82.1 cm³/mol. The van der Waals surface area contributed by atoms with E-state index in [1.54, 1.807) is 33.1 Å². The van der Waals surface area contributed by atoms with E-state index >= 15 is 0 Å². The summed E-state index contributed by atoms with van der Waals surface area (Å²) in [5.41, 5.74) is 3.08. The Morgan fingerprint density at radius 2 is 1.67 bits per heavy atom. The smallest absolute Gasteiger partial charge is 0.129 e. The van der Waals surface area contributed by atoms with Crippen LogP contribution in [0.5, 0.6) is 5.75 Å². The molecule has 1 N–H and O–H groups in total. The van der Waals surface area contributed by atoms with Gasteiger partial charge < -0.3 is 9.84 Å². The van der Waals surface area contributed by atoms with E-state index < -0.39 is 6.10 Å². The zero-order chi connectivity index (χ0) is 15.4. The van der Waals surface area contributed by atoms with Gasteiger partial charge in [-0.15, -0.1) is 0 Å². The molecule has 2 rings (SSSR count). The molecule has 1 unspecified atom stereocenters. The monoisotopic (exact) mass is 288 g/mol. The normalized spacial score (nSPS) is 12.2. The van der Waals surface area contributed by atoms with Gasteiger partial charge in [-0.2, -0.15) is 0 Å². The summed E-state index contributed by atoms with van der Waals surface area (Å²) < 4.78 is 18.7. The number of ether oxygens (including phenoxy) is 1. The lowest BCUT2D eigenvalue weighted by molar-refractivity contribution is 0.167. The molecule has 0 saturated carbocycles. The van der Waals surface area contributed by atoms with Crippen LogP contribution in [0.4, 0.5) is 4.39 Å². The minimum atomic E-state index is -0.579. The molecule has 0 amide bonds. The van der Waals surface area contributed by atoms with Crippen LogP contribution in [-0.4, -0.2) is 12.2 Å². The van der Waals surface area contributed by atoms with E-state index in [0.29, 0.717) is 17.5 Å². The van der Waals surface area contributed by atoms with Crippen molar-refractivity contribution >= 4 is 0 Å². The van der Waals surface area contributed by atoms with E-state index in [0.717, 1.165) is 23.3 Å². The minimum Gasteiger partial charge on any atom is -0.497 e. The Bertz CT molecular complexity index is 582. The maximum absolute atomic E-state index is 13.6. The average Bonchev–Trinajstić information content (AvgIpc) is 2.50. The molecule has 0 aromatic heterocycles. The molecule has 3 heteroatoms. The summed E-state index contributed by atoms with van der Waals surface area (Å²) in [5, 5.41) is 10.3. The van der Waals surface area contributed by atoms with Crippen molar-refractivity contribution in [3.8, 4) is 5.75 Å². The van der Waals surface area contributed by atoms with Crippen molar-refractivity contribution in [2.24, 2.45) is 0 Å². The lowest BCUT2D eigenvalue weighted by atomic mass is 9.98. The van der Waals surface area contributed by atoms with Crippen molar-refractivity contribution in [3.63, 3.8) is 0 Å². The molecule has 112 valence electrons. The van der Waals surface area contributed by atoms with Gasteiger partial charge in [0.25, 0.3) is 0 Å². The van der Waals surface area contributed by atoms with Gasteiger partial charge in [-0.1, -0.05) is 24.3 Å². The molecule has 2 nitrogen and oxygen atoms in total. The highest BCUT2D eigenvalue weighted by molar-refractivity contribution is 5.32. The summed E-state index contributed by atoms with van der Waals surface area (Å²) in [6.07, 6.45) is 0.794. The molecule has 0 bridgehead atoms. The molecular formula is C18H21FO2. The van der Waals surface area contributed by atoms with Crippen LogP contribution < -0.4 is 4.74 Å². The Morgan fingerprint density at radius 3 is 2.19 bits per heavy atom. The van der Waals surface area contributed by atoms with Crippen LogP contribution >= 0.6 is 0 Å². The van der Waals surface area contributed by atoms with Crippen LogP contribution in [0, 0.1) is 19.7 Å². The second kappa shape index (κ2) is 6.72. The topological polar surface area (TPSA) is 29.5 Å². The summed E-state index contributed by atoms with van der Waals surface area (Å²) in [7, 11) is 1.64. The first-order valence-electron chi connectivity index (χ1n) is 7.09. The van der Waals surface area contributed by atoms with Gasteiger partial charge in [0.05, 0.1) is 13.2 Å². The van der Waals surface area contributed by atoms with Gasteiger partial charge in [0.2, 0.25) is 0 Å². The number of halogens is 1. The molecule has 0 saturated heterocycles. The number of methoxy groups -OCH3 is 1. The van der Waals surface area contributed by atoms with Crippen molar-refractivity contribution < 1.29 is 14.2 Å². The number of aliphatic hydroxyl groups is 1. The Labute approximate surface area is 125 Å². The Kier molecular flexibility index (Phi) is 4.97. The van der Waals surface area contributed by atoms with Crippen molar-refractivity contribution in [2.75, 3.05) is 7.11 Å². The third-order valence-electron chi connectivity index (χ3n) is 3.71. The highest BCUT2D eigenvalue weighted by Gasteiger charge is 2.12. The van der Waals surface area contributed by atoms with E-state index in [2.05, 4.69) is 0 Å². The molecule has 1 atom stereocenters. The summed E-state index contributed by atoms with van der Waals surface area (Å²) in [4.78, 5) is 0. The van der Waals surface area contributed by atoms with Crippen LogP contribution in [-0.2, 0) is 6.42 Å². The van der Waals surface area contributed by atoms with E-state index in [4.69, 9.17) is 4.74 Å². The van der Waals surface area contributed by atoms with E-state index in [-0.39, 0.29) is 5.82 Å². The molecule has 2 aromatic carbocycles. The van der Waals surface area contributed by atoms with Gasteiger partial charge in [0, 0.05) is 0 Å². The highest BCUT2D eigenvalue weighted by atomic mass is 19.1. The van der Waals surface area contributed by atoms with E-state index in [1.807, 2.05) is 24.3 Å². The predicted octanol–water partition coefficient (Wildman–Crippen LogP) is 4.12. The first-order chi connectivity index (χ1) is 10.0. The van der Waals surface area contributed by atoms with E-state index in [9.17, 15) is 9.50 Å². The van der Waals surface area contributed by atoms with Crippen molar-refractivity contribution in [2.45, 2.75) is 32.8 Å². The minimum absolute atomic E-state index is 0.193. The summed E-state index contributed by atoms with van der Waals surface area (Å²) in [6.45, 7) is 3.45. The number of hydrogen-bond donors (Lipinski definition) is 1. The van der Waals surface area contributed by atoms with Crippen LogP contribution in [0.15, 0.2) is 36.4 Å². The highest BCUT2D eigenvalue weighted by Crippen LogP contribution is 2.24. The van der Waals surface area contributed by atoms with Gasteiger partial charge in [0.15, 0.2) is 0 Å². The van der Waals surface area contributed by atoms with Crippen LogP contribution in [0.2, 0.25) is 0 Å². The maximum Gasteiger partial charge on any atom is 0.129 e. The number of aryl methyl sites for hydroxylation is 3. The zero-order valence-electron chi connectivity index (χ0n) is 12.7. The lowest BCUT2D eigenvalue weighted by Crippen LogP contribution is -2.02. The van der Waals surface area contributed by atoms with Crippen LogP contribution in [0.1, 0.15) is 34.8 Å². The third-order valence-corrected chi connectivity index (χ3v) is 3.71. The fraction of sp³-hybridized carbons (Fsp3) is 0.333. The first-order valence-corrected chi connectivity index (χ1v) is 7.09.